The summed E-state index contributed by atoms with van der Waals surface area (Å²) in [5.41, 5.74) is 0. The van der Waals surface area contributed by atoms with Crippen molar-refractivity contribution in [1.82, 2.24) is 5.32 Å². The van der Waals surface area contributed by atoms with Crippen LogP contribution >= 0.6 is 27.3 Å². The van der Waals surface area contributed by atoms with Crippen LogP contribution in [0.15, 0.2) is 32.5 Å². The van der Waals surface area contributed by atoms with Crippen molar-refractivity contribution in [2.45, 2.75) is 13.5 Å². The second-order valence-electron chi connectivity index (χ2n) is 3.29. The summed E-state index contributed by atoms with van der Waals surface area (Å²) in [6.45, 7) is 2.29. The van der Waals surface area contributed by atoms with Crippen LogP contribution in [0.3, 0.4) is 0 Å². The van der Waals surface area contributed by atoms with Crippen LogP contribution in [0.25, 0.3) is 0 Å². The van der Waals surface area contributed by atoms with Gasteiger partial charge in [-0.25, -0.2) is 0 Å². The lowest BCUT2D eigenvalue weighted by molar-refractivity contribution is 0.0951. The molecule has 0 bridgehead atoms. The maximum atomic E-state index is 11.7. The van der Waals surface area contributed by atoms with E-state index in [1.54, 1.807) is 0 Å². The molecule has 0 aliphatic rings. The van der Waals surface area contributed by atoms with Crippen molar-refractivity contribution in [1.29, 1.82) is 0 Å². The van der Waals surface area contributed by atoms with Crippen LogP contribution in [-0.4, -0.2) is 5.91 Å². The zero-order valence-electron chi connectivity index (χ0n) is 8.62. The summed E-state index contributed by atoms with van der Waals surface area (Å²) in [7, 11) is 0. The van der Waals surface area contributed by atoms with Gasteiger partial charge in [-0.05, 0) is 46.4 Å². The van der Waals surface area contributed by atoms with Gasteiger partial charge in [-0.15, -0.1) is 11.3 Å². The molecule has 2 rings (SSSR count). The maximum Gasteiger partial charge on any atom is 0.262 e. The molecule has 1 amide bonds. The molecule has 0 saturated carbocycles. The number of thiophene rings is 1. The lowest BCUT2D eigenvalue weighted by Gasteiger charge is -2.01. The molecule has 0 aromatic carbocycles. The second-order valence-corrected chi connectivity index (χ2v) is 5.06. The highest BCUT2D eigenvalue weighted by atomic mass is 79.9. The summed E-state index contributed by atoms with van der Waals surface area (Å²) >= 11 is 4.73. The molecule has 2 heterocycles. The highest BCUT2D eigenvalue weighted by Crippen LogP contribution is 2.22. The Morgan fingerprint density at radius 1 is 1.50 bits per heavy atom. The van der Waals surface area contributed by atoms with E-state index in [0.717, 1.165) is 16.0 Å². The fourth-order valence-corrected chi connectivity index (χ4v) is 2.75. The standard InChI is InChI=1S/C11H10BrNO2S/c1-7-2-3-8(15-7)6-13-11(14)10-9(12)4-5-16-10/h2-5H,6H2,1H3,(H,13,14). The number of rotatable bonds is 3. The Morgan fingerprint density at radius 2 is 2.31 bits per heavy atom. The van der Waals surface area contributed by atoms with E-state index < -0.39 is 0 Å². The number of carbonyl (C=O) groups excluding carboxylic acids is 1. The lowest BCUT2D eigenvalue weighted by atomic mass is 10.4. The molecule has 0 unspecified atom stereocenters. The van der Waals surface area contributed by atoms with Crippen LogP contribution in [0.2, 0.25) is 0 Å². The molecule has 2 aromatic rings. The van der Waals surface area contributed by atoms with E-state index >= 15 is 0 Å². The van der Waals surface area contributed by atoms with Gasteiger partial charge < -0.3 is 9.73 Å². The van der Waals surface area contributed by atoms with Gasteiger partial charge in [-0.3, -0.25) is 4.79 Å². The topological polar surface area (TPSA) is 42.2 Å². The molecular formula is C11H10BrNO2S. The molecule has 84 valence electrons. The van der Waals surface area contributed by atoms with Gasteiger partial charge in [0.1, 0.15) is 16.4 Å². The highest BCUT2D eigenvalue weighted by molar-refractivity contribution is 9.10. The molecule has 2 aromatic heterocycles. The Kier molecular flexibility index (Phi) is 3.46. The van der Waals surface area contributed by atoms with E-state index in [2.05, 4.69) is 21.2 Å². The van der Waals surface area contributed by atoms with Crippen LogP contribution in [-0.2, 0) is 6.54 Å². The van der Waals surface area contributed by atoms with Crippen molar-refractivity contribution < 1.29 is 9.21 Å². The van der Waals surface area contributed by atoms with Crippen molar-refractivity contribution in [2.75, 3.05) is 0 Å². The number of furan rings is 1. The monoisotopic (exact) mass is 299 g/mol. The van der Waals surface area contributed by atoms with Gasteiger partial charge >= 0.3 is 0 Å². The van der Waals surface area contributed by atoms with Crippen molar-refractivity contribution in [2.24, 2.45) is 0 Å². The van der Waals surface area contributed by atoms with Crippen molar-refractivity contribution >= 4 is 33.2 Å². The molecule has 3 nitrogen and oxygen atoms in total. The van der Waals surface area contributed by atoms with Crippen molar-refractivity contribution in [3.8, 4) is 0 Å². The third kappa shape index (κ3) is 2.54. The van der Waals surface area contributed by atoms with E-state index in [1.807, 2.05) is 30.5 Å². The Labute approximate surface area is 106 Å². The summed E-state index contributed by atoms with van der Waals surface area (Å²) in [5, 5.41) is 4.67. The van der Waals surface area contributed by atoms with Crippen LogP contribution in [0.4, 0.5) is 0 Å². The van der Waals surface area contributed by atoms with Gasteiger partial charge in [0.25, 0.3) is 5.91 Å². The first-order valence-electron chi connectivity index (χ1n) is 4.73. The molecule has 0 aliphatic carbocycles. The molecule has 1 N–H and O–H groups in total. The Hall–Kier alpha value is -1.07. The second kappa shape index (κ2) is 4.84. The first kappa shape index (κ1) is 11.4. The maximum absolute atomic E-state index is 11.7. The molecule has 5 heteroatoms. The van der Waals surface area contributed by atoms with Crippen molar-refractivity contribution in [3.63, 3.8) is 0 Å². The molecule has 0 saturated heterocycles. The Bertz CT molecular complexity index is 504. The van der Waals surface area contributed by atoms with E-state index in [9.17, 15) is 4.79 Å². The largest absolute Gasteiger partial charge is 0.465 e. The first-order chi connectivity index (χ1) is 7.66. The molecule has 16 heavy (non-hydrogen) atoms. The number of carbonyl (C=O) groups is 1. The highest BCUT2D eigenvalue weighted by Gasteiger charge is 2.11. The van der Waals surface area contributed by atoms with Crippen LogP contribution in [0.5, 0.6) is 0 Å². The van der Waals surface area contributed by atoms with Gasteiger partial charge in [0.05, 0.1) is 6.54 Å². The van der Waals surface area contributed by atoms with Crippen LogP contribution in [0, 0.1) is 6.92 Å². The summed E-state index contributed by atoms with van der Waals surface area (Å²) in [6.07, 6.45) is 0. The average Bonchev–Trinajstić information content (AvgIpc) is 2.84. The minimum absolute atomic E-state index is 0.0871. The molecule has 0 aliphatic heterocycles. The minimum Gasteiger partial charge on any atom is -0.465 e. The fourth-order valence-electron chi connectivity index (χ4n) is 1.28. The number of halogens is 1. The lowest BCUT2D eigenvalue weighted by Crippen LogP contribution is -2.21. The first-order valence-corrected chi connectivity index (χ1v) is 6.40. The summed E-state index contributed by atoms with van der Waals surface area (Å²) in [4.78, 5) is 12.4. The van der Waals surface area contributed by atoms with E-state index in [1.165, 1.54) is 11.3 Å². The predicted octanol–water partition coefficient (Wildman–Crippen LogP) is 3.34. The smallest absolute Gasteiger partial charge is 0.262 e. The van der Waals surface area contributed by atoms with Crippen molar-refractivity contribution in [3.05, 3.63) is 44.4 Å². The van der Waals surface area contributed by atoms with Gasteiger partial charge in [0.2, 0.25) is 0 Å². The number of aryl methyl sites for hydroxylation is 1. The molecule has 0 spiro atoms. The normalized spacial score (nSPS) is 10.4. The summed E-state index contributed by atoms with van der Waals surface area (Å²) < 4.78 is 6.18. The van der Waals surface area contributed by atoms with Gasteiger partial charge in [-0.1, -0.05) is 0 Å². The van der Waals surface area contributed by atoms with Gasteiger partial charge in [0.15, 0.2) is 0 Å². The summed E-state index contributed by atoms with van der Waals surface area (Å²) in [5.74, 6) is 1.52. The zero-order chi connectivity index (χ0) is 11.5. The van der Waals surface area contributed by atoms with Crippen LogP contribution in [0.1, 0.15) is 21.2 Å². The molecule has 0 fully saturated rings. The quantitative estimate of drug-likeness (QED) is 0.944. The molecular weight excluding hydrogens is 290 g/mol. The number of amides is 1. The van der Waals surface area contributed by atoms with E-state index in [0.29, 0.717) is 11.4 Å². The Morgan fingerprint density at radius 3 is 2.88 bits per heavy atom. The predicted molar refractivity (Wildman–Crippen MR) is 66.6 cm³/mol. The van der Waals surface area contributed by atoms with Gasteiger partial charge in [0, 0.05) is 4.47 Å². The van der Waals surface area contributed by atoms with E-state index in [4.69, 9.17) is 4.42 Å². The zero-order valence-corrected chi connectivity index (χ0v) is 11.0. The van der Waals surface area contributed by atoms with Crippen LogP contribution < -0.4 is 5.32 Å². The SMILES string of the molecule is Cc1ccc(CNC(=O)c2sccc2Br)o1. The number of nitrogens with one attached hydrogen (secondary N) is 1. The van der Waals surface area contributed by atoms with Gasteiger partial charge in [-0.2, -0.15) is 0 Å². The fraction of sp³-hybridized carbons (Fsp3) is 0.182. The molecule has 0 atom stereocenters. The third-order valence-corrected chi connectivity index (χ3v) is 3.88. The minimum atomic E-state index is -0.0871. The number of hydrogen-bond acceptors (Lipinski definition) is 3. The van der Waals surface area contributed by atoms with E-state index in [-0.39, 0.29) is 5.91 Å². The average molecular weight is 300 g/mol. The molecule has 0 radical (unpaired) electrons. The number of hydrogen-bond donors (Lipinski definition) is 1. The Balaban J connectivity index is 1.96. The third-order valence-electron chi connectivity index (χ3n) is 2.04. The summed E-state index contributed by atoms with van der Waals surface area (Å²) in [6, 6.07) is 5.60.